The van der Waals surface area contributed by atoms with Gasteiger partial charge in [-0.2, -0.15) is 0 Å². The summed E-state index contributed by atoms with van der Waals surface area (Å²) < 4.78 is 2.14. The minimum atomic E-state index is -0.0137. The lowest BCUT2D eigenvalue weighted by Crippen LogP contribution is -2.36. The van der Waals surface area contributed by atoms with E-state index in [4.69, 9.17) is 12.2 Å². The maximum Gasteiger partial charge on any atom is 0.170 e. The van der Waals surface area contributed by atoms with Crippen molar-refractivity contribution in [3.8, 4) is 5.82 Å². The van der Waals surface area contributed by atoms with E-state index in [0.29, 0.717) is 0 Å². The third-order valence-corrected chi connectivity index (χ3v) is 5.25. The molecule has 138 valence electrons. The lowest BCUT2D eigenvalue weighted by molar-refractivity contribution is 0.262. The van der Waals surface area contributed by atoms with Crippen LogP contribution in [0.2, 0.25) is 0 Å². The maximum atomic E-state index is 5.68. The van der Waals surface area contributed by atoms with E-state index in [1.807, 2.05) is 31.5 Å². The first-order valence-corrected chi connectivity index (χ1v) is 9.57. The van der Waals surface area contributed by atoms with E-state index in [-0.39, 0.29) is 18.1 Å². The van der Waals surface area contributed by atoms with Gasteiger partial charge in [0.05, 0.1) is 17.8 Å². The second-order valence-corrected chi connectivity index (χ2v) is 7.51. The number of aryl methyl sites for hydroxylation is 1. The summed E-state index contributed by atoms with van der Waals surface area (Å²) in [6.45, 7) is 6.38. The van der Waals surface area contributed by atoms with E-state index in [2.05, 4.69) is 75.1 Å². The van der Waals surface area contributed by atoms with E-state index < -0.39 is 0 Å². The van der Waals surface area contributed by atoms with Crippen LogP contribution in [0.5, 0.6) is 0 Å². The van der Waals surface area contributed by atoms with Crippen LogP contribution in [0.1, 0.15) is 42.9 Å². The molecular weight excluding hydrogens is 354 g/mol. The smallest absolute Gasteiger partial charge is 0.170 e. The number of nitrogens with zero attached hydrogens (tertiary/aromatic N) is 4. The van der Waals surface area contributed by atoms with Gasteiger partial charge in [0.25, 0.3) is 0 Å². The molecule has 0 aromatic carbocycles. The first kappa shape index (κ1) is 17.7. The third-order valence-electron chi connectivity index (χ3n) is 4.92. The molecule has 4 heterocycles. The van der Waals surface area contributed by atoms with Crippen molar-refractivity contribution in [1.82, 2.24) is 24.8 Å². The predicted molar refractivity (Wildman–Crippen MR) is 111 cm³/mol. The largest absolute Gasteiger partial charge is 0.352 e. The molecule has 2 atom stereocenters. The van der Waals surface area contributed by atoms with Crippen LogP contribution >= 0.6 is 12.2 Å². The zero-order valence-electron chi connectivity index (χ0n) is 15.7. The monoisotopic (exact) mass is 377 g/mol. The Kier molecular flexibility index (Phi) is 4.66. The zero-order valence-corrected chi connectivity index (χ0v) is 16.5. The fraction of sp³-hybridized carbons (Fsp3) is 0.286. The van der Waals surface area contributed by atoms with E-state index in [9.17, 15) is 0 Å². The van der Waals surface area contributed by atoms with Gasteiger partial charge in [-0.25, -0.2) is 4.98 Å². The second-order valence-electron chi connectivity index (χ2n) is 7.12. The molecule has 0 saturated carbocycles. The van der Waals surface area contributed by atoms with Gasteiger partial charge >= 0.3 is 0 Å². The molecule has 3 aromatic rings. The van der Waals surface area contributed by atoms with Crippen LogP contribution in [0.25, 0.3) is 5.82 Å². The van der Waals surface area contributed by atoms with Crippen molar-refractivity contribution >= 4 is 17.3 Å². The highest BCUT2D eigenvalue weighted by atomic mass is 32.1. The highest BCUT2D eigenvalue weighted by Gasteiger charge is 2.42. The number of hydrogen-bond donors (Lipinski definition) is 1. The van der Waals surface area contributed by atoms with Gasteiger partial charge in [0.15, 0.2) is 5.11 Å². The number of rotatable bonds is 4. The number of thiocarbonyl (C=S) groups is 1. The summed E-state index contributed by atoms with van der Waals surface area (Å²) in [5.74, 6) is 0.905. The lowest BCUT2D eigenvalue weighted by atomic mass is 10.0. The molecule has 0 spiro atoms. The van der Waals surface area contributed by atoms with Crippen LogP contribution in [-0.2, 0) is 0 Å². The Morgan fingerprint density at radius 2 is 1.93 bits per heavy atom. The van der Waals surface area contributed by atoms with Gasteiger partial charge in [-0.3, -0.25) is 4.98 Å². The maximum absolute atomic E-state index is 5.68. The van der Waals surface area contributed by atoms with Gasteiger partial charge in [-0.05, 0) is 68.9 Å². The summed E-state index contributed by atoms with van der Waals surface area (Å²) in [6.07, 6.45) is 5.78. The molecular formula is C21H23N5S. The SMILES string of the molecule is Cc1ccc(-n2cccc2[C@@H]2[C@@H](c3ccccn3)NC(=S)N2C(C)C)nc1. The van der Waals surface area contributed by atoms with E-state index in [1.54, 1.807) is 0 Å². The Labute approximate surface area is 165 Å². The van der Waals surface area contributed by atoms with Crippen LogP contribution in [-0.4, -0.2) is 30.6 Å². The molecule has 0 unspecified atom stereocenters. The van der Waals surface area contributed by atoms with E-state index in [1.165, 1.54) is 0 Å². The van der Waals surface area contributed by atoms with Crippen molar-refractivity contribution in [3.63, 3.8) is 0 Å². The average Bonchev–Trinajstić information content (AvgIpc) is 3.27. The highest BCUT2D eigenvalue weighted by molar-refractivity contribution is 7.80. The molecule has 1 fully saturated rings. The van der Waals surface area contributed by atoms with Crippen LogP contribution in [0.3, 0.4) is 0 Å². The molecule has 5 nitrogen and oxygen atoms in total. The molecule has 1 saturated heterocycles. The van der Waals surface area contributed by atoms with Gasteiger partial charge in [0.2, 0.25) is 0 Å². The summed E-state index contributed by atoms with van der Waals surface area (Å²) >= 11 is 5.68. The van der Waals surface area contributed by atoms with Gasteiger partial charge in [0, 0.05) is 30.3 Å². The molecule has 1 aliphatic heterocycles. The van der Waals surface area contributed by atoms with Crippen molar-refractivity contribution in [1.29, 1.82) is 0 Å². The van der Waals surface area contributed by atoms with Crippen LogP contribution in [0.15, 0.2) is 61.1 Å². The van der Waals surface area contributed by atoms with Crippen molar-refractivity contribution < 1.29 is 0 Å². The number of pyridine rings is 2. The molecule has 1 N–H and O–H groups in total. The highest BCUT2D eigenvalue weighted by Crippen LogP contribution is 2.40. The van der Waals surface area contributed by atoms with Crippen LogP contribution in [0.4, 0.5) is 0 Å². The fourth-order valence-corrected chi connectivity index (χ4v) is 4.14. The van der Waals surface area contributed by atoms with Gasteiger partial charge < -0.3 is 14.8 Å². The van der Waals surface area contributed by atoms with Crippen molar-refractivity contribution in [2.75, 3.05) is 0 Å². The Bertz CT molecular complexity index is 933. The van der Waals surface area contributed by atoms with Crippen LogP contribution in [0, 0.1) is 6.92 Å². The van der Waals surface area contributed by atoms with E-state index in [0.717, 1.165) is 27.9 Å². The van der Waals surface area contributed by atoms with Crippen molar-refractivity contribution in [2.45, 2.75) is 38.9 Å². The van der Waals surface area contributed by atoms with E-state index >= 15 is 0 Å². The summed E-state index contributed by atoms with van der Waals surface area (Å²) in [7, 11) is 0. The average molecular weight is 378 g/mol. The Morgan fingerprint density at radius 3 is 2.59 bits per heavy atom. The van der Waals surface area contributed by atoms with Gasteiger partial charge in [-0.1, -0.05) is 12.1 Å². The Hall–Kier alpha value is -2.73. The zero-order chi connectivity index (χ0) is 19.0. The third kappa shape index (κ3) is 3.21. The summed E-state index contributed by atoms with van der Waals surface area (Å²) in [5.41, 5.74) is 3.27. The quantitative estimate of drug-likeness (QED) is 0.698. The summed E-state index contributed by atoms with van der Waals surface area (Å²) in [5, 5.41) is 4.25. The Morgan fingerprint density at radius 1 is 1.07 bits per heavy atom. The topological polar surface area (TPSA) is 46.0 Å². The molecule has 0 radical (unpaired) electrons. The standard InChI is InChI=1S/C21H23N5S/c1-14(2)26-20(19(24-21(26)27)16-7-4-5-11-22-16)17-8-6-12-25(17)18-10-9-15(3)13-23-18/h4-14,19-20H,1-3H3,(H,24,27)/t19-,20-/m1/s1. The minimum absolute atomic E-state index is 0.0137. The lowest BCUT2D eigenvalue weighted by Gasteiger charge is -2.31. The number of nitrogens with one attached hydrogen (secondary N) is 1. The summed E-state index contributed by atoms with van der Waals surface area (Å²) in [6, 6.07) is 14.6. The van der Waals surface area contributed by atoms with Crippen molar-refractivity contribution in [3.05, 3.63) is 78.0 Å². The second kappa shape index (κ2) is 7.12. The van der Waals surface area contributed by atoms with Crippen molar-refractivity contribution in [2.24, 2.45) is 0 Å². The van der Waals surface area contributed by atoms with Crippen LogP contribution < -0.4 is 5.32 Å². The molecule has 0 bridgehead atoms. The molecule has 0 aliphatic carbocycles. The molecule has 1 aliphatic rings. The van der Waals surface area contributed by atoms with Gasteiger partial charge in [-0.15, -0.1) is 0 Å². The first-order valence-electron chi connectivity index (χ1n) is 9.16. The normalized spacial score (nSPS) is 19.6. The molecule has 27 heavy (non-hydrogen) atoms. The fourth-order valence-electron chi connectivity index (χ4n) is 3.68. The molecule has 4 rings (SSSR count). The molecule has 0 amide bonds. The molecule has 6 heteroatoms. The number of hydrogen-bond acceptors (Lipinski definition) is 3. The Balaban J connectivity index is 1.82. The summed E-state index contributed by atoms with van der Waals surface area (Å²) in [4.78, 5) is 11.5. The van der Waals surface area contributed by atoms with Gasteiger partial charge in [0.1, 0.15) is 5.82 Å². The first-order chi connectivity index (χ1) is 13.1. The predicted octanol–water partition coefficient (Wildman–Crippen LogP) is 3.96. The molecule has 3 aromatic heterocycles. The minimum Gasteiger partial charge on any atom is -0.352 e. The number of aromatic nitrogens is 3.